The van der Waals surface area contributed by atoms with E-state index in [1.54, 1.807) is 13.4 Å². The molecule has 1 atom stereocenters. The maximum atomic E-state index is 5.37. The van der Waals surface area contributed by atoms with Gasteiger partial charge in [-0.3, -0.25) is 0 Å². The molecule has 0 saturated heterocycles. The molecule has 1 aromatic rings. The van der Waals surface area contributed by atoms with Crippen molar-refractivity contribution >= 4 is 0 Å². The lowest BCUT2D eigenvalue weighted by molar-refractivity contribution is 0.0707. The van der Waals surface area contributed by atoms with Gasteiger partial charge in [-0.15, -0.1) is 0 Å². The van der Waals surface area contributed by atoms with Gasteiger partial charge in [-0.25, -0.2) is 0 Å². The van der Waals surface area contributed by atoms with Gasteiger partial charge in [-0.2, -0.15) is 0 Å². The normalized spacial score (nSPS) is 12.9. The highest BCUT2D eigenvalue weighted by Gasteiger charge is 2.10. The molecule has 92 valence electrons. The molecule has 0 aliphatic heterocycles. The summed E-state index contributed by atoms with van der Waals surface area (Å²) >= 11 is 0. The van der Waals surface area contributed by atoms with Crippen LogP contribution in [0.4, 0.5) is 0 Å². The van der Waals surface area contributed by atoms with Gasteiger partial charge in [0, 0.05) is 13.7 Å². The van der Waals surface area contributed by atoms with Crippen LogP contribution in [0.5, 0.6) is 0 Å². The Labute approximate surface area is 96.9 Å². The van der Waals surface area contributed by atoms with Gasteiger partial charge in [-0.05, 0) is 18.6 Å². The smallest absolute Gasteiger partial charge is 0.120 e. The van der Waals surface area contributed by atoms with Crippen molar-refractivity contribution in [2.75, 3.05) is 33.5 Å². The van der Waals surface area contributed by atoms with Crippen LogP contribution in [0.2, 0.25) is 0 Å². The molecule has 0 bridgehead atoms. The molecule has 0 amide bonds. The Morgan fingerprint density at radius 2 is 2.25 bits per heavy atom. The van der Waals surface area contributed by atoms with Crippen molar-refractivity contribution in [1.82, 2.24) is 5.32 Å². The first-order valence-corrected chi connectivity index (χ1v) is 5.72. The quantitative estimate of drug-likeness (QED) is 0.655. The van der Waals surface area contributed by atoms with E-state index in [4.69, 9.17) is 13.9 Å². The van der Waals surface area contributed by atoms with Crippen molar-refractivity contribution < 1.29 is 13.9 Å². The maximum Gasteiger partial charge on any atom is 0.120 e. The van der Waals surface area contributed by atoms with Crippen molar-refractivity contribution in [2.45, 2.75) is 19.4 Å². The van der Waals surface area contributed by atoms with E-state index < -0.39 is 0 Å². The summed E-state index contributed by atoms with van der Waals surface area (Å²) in [7, 11) is 1.67. The number of ether oxygens (including phenoxy) is 2. The first kappa shape index (κ1) is 13.2. The second-order valence-corrected chi connectivity index (χ2v) is 3.54. The second kappa shape index (κ2) is 8.33. The first-order valence-electron chi connectivity index (χ1n) is 5.72. The van der Waals surface area contributed by atoms with E-state index in [-0.39, 0.29) is 6.04 Å². The lowest BCUT2D eigenvalue weighted by Crippen LogP contribution is -2.25. The maximum absolute atomic E-state index is 5.37. The molecule has 1 rings (SSSR count). The number of methoxy groups -OCH3 is 1. The molecule has 0 aliphatic carbocycles. The molecule has 0 spiro atoms. The highest BCUT2D eigenvalue weighted by molar-refractivity contribution is 5.03. The zero-order valence-corrected chi connectivity index (χ0v) is 10.1. The Kier molecular flexibility index (Phi) is 6.88. The molecule has 0 aliphatic rings. The monoisotopic (exact) mass is 227 g/mol. The van der Waals surface area contributed by atoms with Crippen LogP contribution >= 0.6 is 0 Å². The van der Waals surface area contributed by atoms with Crippen LogP contribution in [-0.4, -0.2) is 33.5 Å². The highest BCUT2D eigenvalue weighted by Crippen LogP contribution is 2.15. The summed E-state index contributed by atoms with van der Waals surface area (Å²) in [5, 5.41) is 3.39. The predicted octanol–water partition coefficient (Wildman–Crippen LogP) is 1.98. The van der Waals surface area contributed by atoms with Gasteiger partial charge in [-0.1, -0.05) is 6.92 Å². The number of nitrogens with one attached hydrogen (secondary N) is 1. The van der Waals surface area contributed by atoms with Crippen LogP contribution in [0.25, 0.3) is 0 Å². The lowest BCUT2D eigenvalue weighted by Gasteiger charge is -2.14. The summed E-state index contributed by atoms with van der Waals surface area (Å²) < 4.78 is 15.6. The number of hydrogen-bond acceptors (Lipinski definition) is 4. The topological polar surface area (TPSA) is 43.6 Å². The molecule has 16 heavy (non-hydrogen) atoms. The Bertz CT molecular complexity index is 249. The fourth-order valence-corrected chi connectivity index (χ4v) is 1.49. The summed E-state index contributed by atoms with van der Waals surface area (Å²) in [6.45, 7) is 4.95. The van der Waals surface area contributed by atoms with Gasteiger partial charge < -0.3 is 19.2 Å². The van der Waals surface area contributed by atoms with Gasteiger partial charge >= 0.3 is 0 Å². The molecule has 1 unspecified atom stereocenters. The Morgan fingerprint density at radius 3 is 2.88 bits per heavy atom. The molecule has 1 aromatic heterocycles. The fourth-order valence-electron chi connectivity index (χ4n) is 1.49. The molecule has 1 N–H and O–H groups in total. The number of hydrogen-bond donors (Lipinski definition) is 1. The van der Waals surface area contributed by atoms with Crippen LogP contribution in [0, 0.1) is 0 Å². The summed E-state index contributed by atoms with van der Waals surface area (Å²) in [6, 6.07) is 4.18. The van der Waals surface area contributed by atoms with Crippen LogP contribution < -0.4 is 5.32 Å². The van der Waals surface area contributed by atoms with Crippen molar-refractivity contribution in [3.8, 4) is 0 Å². The van der Waals surface area contributed by atoms with Crippen molar-refractivity contribution in [1.29, 1.82) is 0 Å². The van der Waals surface area contributed by atoms with Gasteiger partial charge in [0.2, 0.25) is 0 Å². The van der Waals surface area contributed by atoms with E-state index in [1.807, 2.05) is 12.1 Å². The zero-order valence-electron chi connectivity index (χ0n) is 10.1. The molecule has 1 heterocycles. The predicted molar refractivity (Wildman–Crippen MR) is 62.4 cm³/mol. The first-order chi connectivity index (χ1) is 7.88. The van der Waals surface area contributed by atoms with Crippen LogP contribution in [-0.2, 0) is 9.47 Å². The largest absolute Gasteiger partial charge is 0.468 e. The second-order valence-electron chi connectivity index (χ2n) is 3.54. The minimum Gasteiger partial charge on any atom is -0.468 e. The molecule has 4 nitrogen and oxygen atoms in total. The fraction of sp³-hybridized carbons (Fsp3) is 0.667. The van der Waals surface area contributed by atoms with Crippen molar-refractivity contribution in [2.24, 2.45) is 0 Å². The minimum atomic E-state index is 0.279. The summed E-state index contributed by atoms with van der Waals surface area (Å²) in [5.41, 5.74) is 0. The van der Waals surface area contributed by atoms with E-state index in [2.05, 4.69) is 12.2 Å². The van der Waals surface area contributed by atoms with Crippen molar-refractivity contribution in [3.05, 3.63) is 24.2 Å². The average molecular weight is 227 g/mol. The molecular weight excluding hydrogens is 206 g/mol. The van der Waals surface area contributed by atoms with E-state index in [1.165, 1.54) is 0 Å². The van der Waals surface area contributed by atoms with Crippen LogP contribution in [0.3, 0.4) is 0 Å². The minimum absolute atomic E-state index is 0.279. The van der Waals surface area contributed by atoms with E-state index >= 15 is 0 Å². The third-order valence-corrected chi connectivity index (χ3v) is 2.36. The third-order valence-electron chi connectivity index (χ3n) is 2.36. The standard InChI is InChI=1S/C12H21NO3/c1-3-11(12-5-4-7-16-12)13-6-8-15-10-9-14-2/h4-5,7,11,13H,3,6,8-10H2,1-2H3. The Hall–Kier alpha value is -0.840. The van der Waals surface area contributed by atoms with E-state index in [0.717, 1.165) is 18.7 Å². The molecule has 0 saturated carbocycles. The zero-order chi connectivity index (χ0) is 11.6. The molecule has 0 fully saturated rings. The van der Waals surface area contributed by atoms with Gasteiger partial charge in [0.25, 0.3) is 0 Å². The van der Waals surface area contributed by atoms with Gasteiger partial charge in [0.05, 0.1) is 32.1 Å². The number of rotatable bonds is 9. The van der Waals surface area contributed by atoms with Crippen molar-refractivity contribution in [3.63, 3.8) is 0 Å². The van der Waals surface area contributed by atoms with Crippen LogP contribution in [0.15, 0.2) is 22.8 Å². The molecule has 0 aromatic carbocycles. The van der Waals surface area contributed by atoms with E-state index in [9.17, 15) is 0 Å². The lowest BCUT2D eigenvalue weighted by atomic mass is 10.2. The highest BCUT2D eigenvalue weighted by atomic mass is 16.5. The molecule has 0 radical (unpaired) electrons. The summed E-state index contributed by atoms with van der Waals surface area (Å²) in [5.74, 6) is 0.986. The van der Waals surface area contributed by atoms with Gasteiger partial charge in [0.1, 0.15) is 5.76 Å². The number of furan rings is 1. The third kappa shape index (κ3) is 4.79. The SMILES string of the molecule is CCC(NCCOCCOC)c1ccco1. The molecule has 4 heteroatoms. The van der Waals surface area contributed by atoms with Gasteiger partial charge in [0.15, 0.2) is 0 Å². The Morgan fingerprint density at radius 1 is 1.38 bits per heavy atom. The van der Waals surface area contributed by atoms with E-state index in [0.29, 0.717) is 19.8 Å². The Balaban J connectivity index is 2.11. The molecular formula is C12H21NO3. The van der Waals surface area contributed by atoms with Crippen LogP contribution in [0.1, 0.15) is 25.1 Å². The average Bonchev–Trinajstić information content (AvgIpc) is 2.82. The summed E-state index contributed by atoms with van der Waals surface area (Å²) in [6.07, 6.45) is 2.71. The summed E-state index contributed by atoms with van der Waals surface area (Å²) in [4.78, 5) is 0.